The number of nitrogens with two attached hydrogens (primary N) is 1. The van der Waals surface area contributed by atoms with Gasteiger partial charge in [0, 0.05) is 25.4 Å². The lowest BCUT2D eigenvalue weighted by Gasteiger charge is -2.30. The molecule has 1 fully saturated rings. The van der Waals surface area contributed by atoms with E-state index in [1.54, 1.807) is 9.91 Å². The van der Waals surface area contributed by atoms with Gasteiger partial charge in [-0.15, -0.1) is 0 Å². The number of anilines is 1. The zero-order valence-electron chi connectivity index (χ0n) is 14.2. The molecule has 132 valence electrons. The first-order valence-corrected chi connectivity index (χ1v) is 8.48. The highest BCUT2D eigenvalue weighted by atomic mass is 16.2. The largest absolute Gasteiger partial charge is 0.369 e. The molecule has 2 amide bonds. The molecule has 3 rings (SSSR count). The van der Waals surface area contributed by atoms with Gasteiger partial charge in [0.1, 0.15) is 11.8 Å². The van der Waals surface area contributed by atoms with Crippen LogP contribution >= 0.6 is 0 Å². The molecule has 0 bridgehead atoms. The van der Waals surface area contributed by atoms with Gasteiger partial charge in [-0.25, -0.2) is 0 Å². The van der Waals surface area contributed by atoms with Gasteiger partial charge in [0.05, 0.1) is 5.69 Å². The number of carbonyl (C=O) groups excluding carboxylic acids is 3. The molecule has 7 heteroatoms. The highest BCUT2D eigenvalue weighted by Crippen LogP contribution is 2.26. The molecule has 0 unspecified atom stereocenters. The van der Waals surface area contributed by atoms with Crippen LogP contribution in [0.3, 0.4) is 0 Å². The van der Waals surface area contributed by atoms with Crippen molar-refractivity contribution in [3.63, 3.8) is 0 Å². The van der Waals surface area contributed by atoms with Crippen molar-refractivity contribution < 1.29 is 14.4 Å². The van der Waals surface area contributed by atoms with Crippen LogP contribution in [-0.4, -0.2) is 47.3 Å². The van der Waals surface area contributed by atoms with Crippen molar-refractivity contribution >= 4 is 29.0 Å². The number of nitrogens with zero attached hydrogens (tertiary/aromatic N) is 3. The minimum absolute atomic E-state index is 0.0251. The van der Waals surface area contributed by atoms with E-state index in [1.807, 2.05) is 30.3 Å². The van der Waals surface area contributed by atoms with E-state index in [0.717, 1.165) is 5.69 Å². The molecule has 25 heavy (non-hydrogen) atoms. The van der Waals surface area contributed by atoms with Crippen LogP contribution in [0.25, 0.3) is 0 Å². The summed E-state index contributed by atoms with van der Waals surface area (Å²) in [7, 11) is 0. The third-order valence-corrected chi connectivity index (χ3v) is 4.83. The summed E-state index contributed by atoms with van der Waals surface area (Å²) < 4.78 is 0. The molecule has 2 N–H and O–H groups in total. The molecular weight excluding hydrogens is 320 g/mol. The van der Waals surface area contributed by atoms with E-state index in [2.05, 4.69) is 5.10 Å². The van der Waals surface area contributed by atoms with Crippen LogP contribution in [0.5, 0.6) is 0 Å². The summed E-state index contributed by atoms with van der Waals surface area (Å²) in [4.78, 5) is 37.7. The average Bonchev–Trinajstić information content (AvgIpc) is 3.07. The maximum atomic E-state index is 12.8. The van der Waals surface area contributed by atoms with Gasteiger partial charge in [0.15, 0.2) is 5.78 Å². The van der Waals surface area contributed by atoms with E-state index in [4.69, 9.17) is 5.73 Å². The Hall–Kier alpha value is -2.70. The number of amides is 2. The molecule has 0 radical (unpaired) electrons. The van der Waals surface area contributed by atoms with Crippen LogP contribution < -0.4 is 10.7 Å². The fraction of sp³-hybridized carbons (Fsp3) is 0.444. The minimum Gasteiger partial charge on any atom is -0.369 e. The van der Waals surface area contributed by atoms with Gasteiger partial charge < -0.3 is 10.6 Å². The molecule has 0 aliphatic carbocycles. The highest BCUT2D eigenvalue weighted by Gasteiger charge is 2.36. The maximum Gasteiger partial charge on any atom is 0.270 e. The first kappa shape index (κ1) is 17.1. The quantitative estimate of drug-likeness (QED) is 0.880. The third kappa shape index (κ3) is 3.55. The molecule has 1 saturated heterocycles. The first-order chi connectivity index (χ1) is 12.0. The van der Waals surface area contributed by atoms with E-state index in [9.17, 15) is 14.4 Å². The number of carbonyl (C=O) groups is 3. The van der Waals surface area contributed by atoms with Crippen molar-refractivity contribution in [2.45, 2.75) is 32.2 Å². The molecular formula is C18H22N4O3. The number of para-hydroxylation sites is 1. The normalized spacial score (nSPS) is 21.2. The SMILES string of the molecule is CC(=O)[C@@H]1CC(C(=O)N2CCC(C(N)=O)CC2)=NN1c1ccccc1. The van der Waals surface area contributed by atoms with Crippen molar-refractivity contribution in [3.05, 3.63) is 30.3 Å². The highest BCUT2D eigenvalue weighted by molar-refractivity contribution is 6.40. The lowest BCUT2D eigenvalue weighted by Crippen LogP contribution is -2.44. The van der Waals surface area contributed by atoms with E-state index >= 15 is 0 Å². The summed E-state index contributed by atoms with van der Waals surface area (Å²) in [6, 6.07) is 8.91. The Kier molecular flexibility index (Phi) is 4.83. The Bertz CT molecular complexity index is 708. The number of hydrogen-bond donors (Lipinski definition) is 1. The molecule has 2 aliphatic rings. The number of primary amides is 1. The van der Waals surface area contributed by atoms with E-state index in [-0.39, 0.29) is 23.5 Å². The Balaban J connectivity index is 1.75. The van der Waals surface area contributed by atoms with Crippen LogP contribution in [0.4, 0.5) is 5.69 Å². The van der Waals surface area contributed by atoms with Crippen LogP contribution in [0.1, 0.15) is 26.2 Å². The number of likely N-dealkylation sites (tertiary alicyclic amines) is 1. The van der Waals surface area contributed by atoms with Crippen molar-refractivity contribution in [3.8, 4) is 0 Å². The van der Waals surface area contributed by atoms with Crippen LogP contribution in [0.2, 0.25) is 0 Å². The number of hydrogen-bond acceptors (Lipinski definition) is 5. The Morgan fingerprint density at radius 1 is 1.12 bits per heavy atom. The molecule has 2 heterocycles. The summed E-state index contributed by atoms with van der Waals surface area (Å²) in [6.07, 6.45) is 1.46. The second-order valence-corrected chi connectivity index (χ2v) is 6.53. The van der Waals surface area contributed by atoms with Gasteiger partial charge in [0.25, 0.3) is 5.91 Å². The molecule has 1 aromatic carbocycles. The van der Waals surface area contributed by atoms with E-state index in [1.165, 1.54) is 6.92 Å². The molecule has 1 aromatic rings. The van der Waals surface area contributed by atoms with Crippen LogP contribution in [0.15, 0.2) is 35.4 Å². The molecule has 0 spiro atoms. The lowest BCUT2D eigenvalue weighted by atomic mass is 9.95. The molecule has 0 aromatic heterocycles. The molecule has 1 atom stereocenters. The van der Waals surface area contributed by atoms with E-state index < -0.39 is 6.04 Å². The van der Waals surface area contributed by atoms with Gasteiger partial charge in [0.2, 0.25) is 5.91 Å². The predicted molar refractivity (Wildman–Crippen MR) is 93.9 cm³/mol. The second-order valence-electron chi connectivity index (χ2n) is 6.53. The van der Waals surface area contributed by atoms with Gasteiger partial charge >= 0.3 is 0 Å². The van der Waals surface area contributed by atoms with Crippen LogP contribution in [-0.2, 0) is 14.4 Å². The molecule has 0 saturated carbocycles. The number of rotatable bonds is 4. The maximum absolute atomic E-state index is 12.8. The van der Waals surface area contributed by atoms with Gasteiger partial charge in [-0.2, -0.15) is 5.10 Å². The zero-order chi connectivity index (χ0) is 18.0. The fourth-order valence-corrected chi connectivity index (χ4v) is 3.32. The molecule has 2 aliphatic heterocycles. The molecule has 7 nitrogen and oxygen atoms in total. The Morgan fingerprint density at radius 2 is 1.76 bits per heavy atom. The Morgan fingerprint density at radius 3 is 2.32 bits per heavy atom. The van der Waals surface area contributed by atoms with Gasteiger partial charge in [-0.05, 0) is 31.9 Å². The monoisotopic (exact) mass is 342 g/mol. The average molecular weight is 342 g/mol. The van der Waals surface area contributed by atoms with Crippen LogP contribution in [0, 0.1) is 5.92 Å². The number of piperidine rings is 1. The Labute approximate surface area is 146 Å². The predicted octanol–water partition coefficient (Wildman–Crippen LogP) is 0.934. The van der Waals surface area contributed by atoms with Gasteiger partial charge in [-0.1, -0.05) is 18.2 Å². The number of hydrazone groups is 1. The fourth-order valence-electron chi connectivity index (χ4n) is 3.32. The number of Topliss-reactive ketones (excluding diaryl/α,β-unsaturated/α-hetero) is 1. The summed E-state index contributed by atoms with van der Waals surface area (Å²) >= 11 is 0. The minimum atomic E-state index is -0.454. The van der Waals surface area contributed by atoms with Crippen molar-refractivity contribution in [1.29, 1.82) is 0 Å². The summed E-state index contributed by atoms with van der Waals surface area (Å²) in [5, 5.41) is 6.07. The van der Waals surface area contributed by atoms with E-state index in [0.29, 0.717) is 38.1 Å². The number of benzene rings is 1. The summed E-state index contributed by atoms with van der Waals surface area (Å²) in [5.41, 5.74) is 6.51. The lowest BCUT2D eigenvalue weighted by molar-refractivity contribution is -0.129. The summed E-state index contributed by atoms with van der Waals surface area (Å²) in [6.45, 7) is 2.49. The van der Waals surface area contributed by atoms with Crippen molar-refractivity contribution in [2.75, 3.05) is 18.1 Å². The van der Waals surface area contributed by atoms with Gasteiger partial charge in [-0.3, -0.25) is 19.4 Å². The smallest absolute Gasteiger partial charge is 0.270 e. The van der Waals surface area contributed by atoms with Crippen molar-refractivity contribution in [1.82, 2.24) is 4.90 Å². The summed E-state index contributed by atoms with van der Waals surface area (Å²) in [5.74, 6) is -0.659. The third-order valence-electron chi connectivity index (χ3n) is 4.83. The first-order valence-electron chi connectivity index (χ1n) is 8.48. The van der Waals surface area contributed by atoms with Crippen molar-refractivity contribution in [2.24, 2.45) is 16.8 Å². The number of ketones is 1. The second kappa shape index (κ2) is 7.04. The zero-order valence-corrected chi connectivity index (χ0v) is 14.2. The standard InChI is InChI=1S/C18H22N4O3/c1-12(23)16-11-15(20-22(16)14-5-3-2-4-6-14)18(25)21-9-7-13(8-10-21)17(19)24/h2-6,13,16H,7-11H2,1H3,(H2,19,24)/t16-/m0/s1. The topological polar surface area (TPSA) is 96.1 Å².